The van der Waals surface area contributed by atoms with Crippen LogP contribution in [0.25, 0.3) is 0 Å². The van der Waals surface area contributed by atoms with Crippen LogP contribution < -0.4 is 10.2 Å². The summed E-state index contributed by atoms with van der Waals surface area (Å²) in [5.74, 6) is 0. The van der Waals surface area contributed by atoms with E-state index in [4.69, 9.17) is 4.74 Å². The van der Waals surface area contributed by atoms with Crippen LogP contribution in [0, 0.1) is 0 Å². The van der Waals surface area contributed by atoms with Crippen molar-refractivity contribution in [2.24, 2.45) is 0 Å². The zero-order valence-electron chi connectivity index (χ0n) is 14.0. The molecule has 4 heteroatoms. The molecule has 1 aromatic rings. The minimum Gasteiger partial charge on any atom is -0.443 e. The first kappa shape index (κ1) is 15.3. The number of amides is 1. The number of benzene rings is 1. The summed E-state index contributed by atoms with van der Waals surface area (Å²) >= 11 is 0. The van der Waals surface area contributed by atoms with Gasteiger partial charge in [0.15, 0.2) is 0 Å². The van der Waals surface area contributed by atoms with E-state index >= 15 is 0 Å². The quantitative estimate of drug-likeness (QED) is 0.862. The van der Waals surface area contributed by atoms with E-state index in [-0.39, 0.29) is 11.6 Å². The predicted molar refractivity (Wildman–Crippen MR) is 88.3 cm³/mol. The van der Waals surface area contributed by atoms with Crippen LogP contribution in [0.1, 0.15) is 51.7 Å². The Labute approximate surface area is 132 Å². The van der Waals surface area contributed by atoms with Crippen LogP contribution in [0.2, 0.25) is 0 Å². The topological polar surface area (TPSA) is 41.6 Å². The number of nitrogens with zero attached hydrogens (tertiary/aromatic N) is 1. The van der Waals surface area contributed by atoms with Gasteiger partial charge in [-0.2, -0.15) is 0 Å². The van der Waals surface area contributed by atoms with E-state index < -0.39 is 5.60 Å². The smallest absolute Gasteiger partial charge is 0.414 e. The number of carbonyl (C=O) groups is 1. The molecule has 0 aromatic heterocycles. The third-order valence-electron chi connectivity index (χ3n) is 4.57. The summed E-state index contributed by atoms with van der Waals surface area (Å²) in [5, 5.41) is 3.61. The third-order valence-corrected chi connectivity index (χ3v) is 4.57. The fourth-order valence-corrected chi connectivity index (χ4v) is 3.53. The monoisotopic (exact) mass is 302 g/mol. The standard InChI is InChI=1S/C18H26N2O2/c1-17(2,3)22-16(21)20-12-9-13-7-5-8-14(15(13)20)18(4)10-6-11-19-18/h5,7-8,19H,6,9-12H2,1-4H3. The second-order valence-corrected chi connectivity index (χ2v) is 7.56. The molecule has 0 radical (unpaired) electrons. The molecule has 0 aliphatic carbocycles. The normalized spacial score (nSPS) is 24.5. The highest BCUT2D eigenvalue weighted by Gasteiger charge is 2.38. The third kappa shape index (κ3) is 2.72. The molecule has 22 heavy (non-hydrogen) atoms. The van der Waals surface area contributed by atoms with Crippen LogP contribution in [0.15, 0.2) is 18.2 Å². The summed E-state index contributed by atoms with van der Waals surface area (Å²) in [6.07, 6.45) is 2.94. The Bertz CT molecular complexity index is 583. The van der Waals surface area contributed by atoms with Crippen molar-refractivity contribution in [1.82, 2.24) is 5.32 Å². The second kappa shape index (κ2) is 5.27. The van der Waals surface area contributed by atoms with Gasteiger partial charge in [0.2, 0.25) is 0 Å². The van der Waals surface area contributed by atoms with Gasteiger partial charge in [-0.15, -0.1) is 0 Å². The van der Waals surface area contributed by atoms with E-state index in [9.17, 15) is 4.79 Å². The van der Waals surface area contributed by atoms with Crippen molar-refractivity contribution in [3.8, 4) is 0 Å². The maximum absolute atomic E-state index is 12.6. The van der Waals surface area contributed by atoms with Crippen LogP contribution in [0.4, 0.5) is 10.5 Å². The summed E-state index contributed by atoms with van der Waals surface area (Å²) in [7, 11) is 0. The van der Waals surface area contributed by atoms with Crippen LogP contribution in [0.3, 0.4) is 0 Å². The van der Waals surface area contributed by atoms with Gasteiger partial charge >= 0.3 is 6.09 Å². The molecule has 3 rings (SSSR count). The molecule has 1 saturated heterocycles. The van der Waals surface area contributed by atoms with E-state index in [1.807, 2.05) is 25.7 Å². The molecule has 1 unspecified atom stereocenters. The van der Waals surface area contributed by atoms with Crippen molar-refractivity contribution < 1.29 is 9.53 Å². The Morgan fingerprint density at radius 2 is 2.14 bits per heavy atom. The summed E-state index contributed by atoms with van der Waals surface area (Å²) in [5.41, 5.74) is 3.03. The van der Waals surface area contributed by atoms with E-state index in [0.717, 1.165) is 25.1 Å². The number of carbonyl (C=O) groups excluding carboxylic acids is 1. The van der Waals surface area contributed by atoms with Gasteiger partial charge in [-0.1, -0.05) is 18.2 Å². The zero-order valence-corrected chi connectivity index (χ0v) is 14.0. The van der Waals surface area contributed by atoms with Crippen LogP contribution in [-0.4, -0.2) is 24.8 Å². The second-order valence-electron chi connectivity index (χ2n) is 7.56. The SMILES string of the molecule is CC(C)(C)OC(=O)N1CCc2cccc(C3(C)CCCN3)c21. The highest BCUT2D eigenvalue weighted by Crippen LogP contribution is 2.41. The number of hydrogen-bond acceptors (Lipinski definition) is 3. The van der Waals surface area contributed by atoms with E-state index in [2.05, 4.69) is 30.4 Å². The van der Waals surface area contributed by atoms with Crippen molar-refractivity contribution in [2.75, 3.05) is 18.0 Å². The average Bonchev–Trinajstić information content (AvgIpc) is 3.03. The fourth-order valence-electron chi connectivity index (χ4n) is 3.53. The van der Waals surface area contributed by atoms with Crippen molar-refractivity contribution in [2.45, 2.75) is 58.1 Å². The molecule has 0 bridgehead atoms. The first-order chi connectivity index (χ1) is 10.3. The maximum atomic E-state index is 12.6. The highest BCUT2D eigenvalue weighted by molar-refractivity contribution is 5.92. The Hall–Kier alpha value is -1.55. The highest BCUT2D eigenvalue weighted by atomic mass is 16.6. The number of fused-ring (bicyclic) bond motifs is 1. The molecule has 0 spiro atoms. The van der Waals surface area contributed by atoms with Crippen LogP contribution >= 0.6 is 0 Å². The number of hydrogen-bond donors (Lipinski definition) is 1. The number of ether oxygens (including phenoxy) is 1. The average molecular weight is 302 g/mol. The van der Waals surface area contributed by atoms with Gasteiger partial charge in [0.1, 0.15) is 5.60 Å². The Morgan fingerprint density at radius 1 is 1.36 bits per heavy atom. The van der Waals surface area contributed by atoms with E-state index in [0.29, 0.717) is 6.54 Å². The molecule has 1 atom stereocenters. The molecule has 1 aromatic carbocycles. The number of rotatable bonds is 1. The molecular formula is C18H26N2O2. The van der Waals surface area contributed by atoms with Crippen molar-refractivity contribution in [1.29, 1.82) is 0 Å². The van der Waals surface area contributed by atoms with Gasteiger partial charge in [-0.25, -0.2) is 4.79 Å². The first-order valence-corrected chi connectivity index (χ1v) is 8.18. The molecule has 1 amide bonds. The number of para-hydroxylation sites is 1. The Morgan fingerprint density at radius 3 is 2.77 bits per heavy atom. The van der Waals surface area contributed by atoms with Gasteiger partial charge in [-0.3, -0.25) is 4.90 Å². The lowest BCUT2D eigenvalue weighted by molar-refractivity contribution is 0.0583. The van der Waals surface area contributed by atoms with E-state index in [1.54, 1.807) is 0 Å². The summed E-state index contributed by atoms with van der Waals surface area (Å²) < 4.78 is 5.60. The molecular weight excluding hydrogens is 276 g/mol. The summed E-state index contributed by atoms with van der Waals surface area (Å²) in [6, 6.07) is 6.39. The van der Waals surface area contributed by atoms with Crippen molar-refractivity contribution in [3.63, 3.8) is 0 Å². The molecule has 2 heterocycles. The summed E-state index contributed by atoms with van der Waals surface area (Å²) in [6.45, 7) is 9.71. The van der Waals surface area contributed by atoms with E-state index in [1.165, 1.54) is 17.5 Å². The summed E-state index contributed by atoms with van der Waals surface area (Å²) in [4.78, 5) is 14.4. The number of anilines is 1. The van der Waals surface area contributed by atoms with Gasteiger partial charge in [0.05, 0.1) is 5.69 Å². The van der Waals surface area contributed by atoms with Gasteiger partial charge in [0, 0.05) is 12.1 Å². The Balaban J connectivity index is 1.97. The Kier molecular flexibility index (Phi) is 3.68. The van der Waals surface area contributed by atoms with Crippen molar-refractivity contribution >= 4 is 11.8 Å². The molecule has 2 aliphatic rings. The zero-order chi connectivity index (χ0) is 16.0. The molecule has 4 nitrogen and oxygen atoms in total. The lowest BCUT2D eigenvalue weighted by Gasteiger charge is -2.31. The largest absolute Gasteiger partial charge is 0.443 e. The van der Waals surface area contributed by atoms with Crippen LogP contribution in [0.5, 0.6) is 0 Å². The minimum atomic E-state index is -0.468. The van der Waals surface area contributed by atoms with Crippen LogP contribution in [-0.2, 0) is 16.7 Å². The van der Waals surface area contributed by atoms with Crippen molar-refractivity contribution in [3.05, 3.63) is 29.3 Å². The lowest BCUT2D eigenvalue weighted by Crippen LogP contribution is -2.39. The molecule has 2 aliphatic heterocycles. The predicted octanol–water partition coefficient (Wildman–Crippen LogP) is 3.58. The molecule has 1 N–H and O–H groups in total. The first-order valence-electron chi connectivity index (χ1n) is 8.18. The fraction of sp³-hybridized carbons (Fsp3) is 0.611. The van der Waals surface area contributed by atoms with Gasteiger partial charge < -0.3 is 10.1 Å². The van der Waals surface area contributed by atoms with Gasteiger partial charge in [-0.05, 0) is 64.6 Å². The lowest BCUT2D eigenvalue weighted by atomic mass is 9.88. The minimum absolute atomic E-state index is 0.0457. The molecule has 0 saturated carbocycles. The molecule has 120 valence electrons. The number of nitrogens with one attached hydrogen (secondary N) is 1. The van der Waals surface area contributed by atoms with Gasteiger partial charge in [0.25, 0.3) is 0 Å². The maximum Gasteiger partial charge on any atom is 0.414 e. The molecule has 1 fully saturated rings.